The number of rotatable bonds is 13. The summed E-state index contributed by atoms with van der Waals surface area (Å²) in [5.41, 5.74) is 4.96. The molecule has 3 rings (SSSR count). The van der Waals surface area contributed by atoms with Gasteiger partial charge in [0.15, 0.2) is 4.87 Å². The summed E-state index contributed by atoms with van der Waals surface area (Å²) in [4.78, 5) is 0.643. The monoisotopic (exact) mass is 533 g/mol. The van der Waals surface area contributed by atoms with Crippen molar-refractivity contribution < 1.29 is 27.2 Å². The first-order valence-corrected chi connectivity index (χ1v) is 15.2. The Morgan fingerprint density at radius 2 is 1.47 bits per heavy atom. The minimum atomic E-state index is -4.09. The van der Waals surface area contributed by atoms with Crippen LogP contribution in [0.1, 0.15) is 33.3 Å². The van der Waals surface area contributed by atoms with Gasteiger partial charge >= 0.3 is 15.2 Å². The zero-order chi connectivity index (χ0) is 25.0. The third kappa shape index (κ3) is 5.09. The number of benzene rings is 1. The van der Waals surface area contributed by atoms with Gasteiger partial charge < -0.3 is 23.0 Å². The van der Waals surface area contributed by atoms with Crippen LogP contribution in [0.4, 0.5) is 5.69 Å². The van der Waals surface area contributed by atoms with Crippen LogP contribution >= 0.6 is 27.0 Å². The van der Waals surface area contributed by atoms with Gasteiger partial charge in [-0.1, -0.05) is 12.1 Å². The summed E-state index contributed by atoms with van der Waals surface area (Å²) in [6, 6.07) is 7.61. The van der Waals surface area contributed by atoms with E-state index in [1.54, 1.807) is 32.4 Å². The first-order chi connectivity index (χ1) is 16.2. The van der Waals surface area contributed by atoms with Crippen molar-refractivity contribution in [2.45, 2.75) is 43.1 Å². The van der Waals surface area contributed by atoms with Crippen molar-refractivity contribution in [3.63, 3.8) is 0 Å². The normalized spacial score (nSPS) is 18.2. The fourth-order valence-electron chi connectivity index (χ4n) is 3.80. The lowest BCUT2D eigenvalue weighted by molar-refractivity contribution is 0.190. The van der Waals surface area contributed by atoms with E-state index in [-0.39, 0.29) is 26.4 Å². The van der Waals surface area contributed by atoms with E-state index in [0.717, 1.165) is 5.69 Å². The highest BCUT2D eigenvalue weighted by Gasteiger charge is 2.66. The molecule has 1 N–H and O–H groups in total. The molecule has 11 nitrogen and oxygen atoms in total. The Kier molecular flexibility index (Phi) is 8.90. The molecule has 1 aromatic carbocycles. The van der Waals surface area contributed by atoms with Crippen molar-refractivity contribution in [2.75, 3.05) is 50.8 Å². The number of aromatic nitrogens is 3. The highest BCUT2D eigenvalue weighted by molar-refractivity contribution is 8.01. The van der Waals surface area contributed by atoms with Crippen molar-refractivity contribution in [3.05, 3.63) is 36.2 Å². The smallest absolute Gasteiger partial charge is 0.349 e. The molecule has 0 spiro atoms. The summed E-state index contributed by atoms with van der Waals surface area (Å²) in [7, 11) is -4.31. The van der Waals surface area contributed by atoms with Crippen LogP contribution in [-0.4, -0.2) is 60.8 Å². The maximum Gasteiger partial charge on any atom is 0.349 e. The number of anilines is 1. The molecule has 1 unspecified atom stereocenters. The maximum atomic E-state index is 14.4. The second kappa shape index (κ2) is 11.1. The minimum Gasteiger partial charge on any atom is -0.378 e. The second-order valence-electron chi connectivity index (χ2n) is 7.50. The quantitative estimate of drug-likeness (QED) is 0.361. The maximum absolute atomic E-state index is 14.4. The molecular formula is C20H33N5O6P2S. The number of thioether (sulfide) groups is 1. The van der Waals surface area contributed by atoms with E-state index in [2.05, 4.69) is 15.6 Å². The minimum absolute atomic E-state index is 0.0818. The van der Waals surface area contributed by atoms with E-state index in [4.69, 9.17) is 18.1 Å². The molecule has 1 atom stereocenters. The third-order valence-corrected chi connectivity index (χ3v) is 12.9. The number of fused-ring (bicyclic) bond motifs is 1. The van der Waals surface area contributed by atoms with Gasteiger partial charge in [0.25, 0.3) is 0 Å². The van der Waals surface area contributed by atoms with Crippen molar-refractivity contribution in [1.82, 2.24) is 14.9 Å². The summed E-state index contributed by atoms with van der Waals surface area (Å²) in [6.07, 6.45) is 1.49. The first kappa shape index (κ1) is 27.2. The van der Waals surface area contributed by atoms with Gasteiger partial charge in [-0.2, -0.15) is 0 Å². The molecule has 1 aromatic heterocycles. The van der Waals surface area contributed by atoms with E-state index in [0.29, 0.717) is 10.7 Å². The van der Waals surface area contributed by atoms with E-state index in [1.807, 2.05) is 43.3 Å². The molecule has 34 heavy (non-hydrogen) atoms. The SMILES string of the molecule is CCOP(=O)(OCC)C(C1(c2ccc(N(C)C)cc2)Nn2cnnc2S1)P(=O)(OCC)OCC. The Morgan fingerprint density at radius 1 is 0.971 bits per heavy atom. The molecule has 190 valence electrons. The van der Waals surface area contributed by atoms with E-state index < -0.39 is 25.5 Å². The first-order valence-electron chi connectivity index (χ1n) is 11.1. The molecule has 0 saturated carbocycles. The van der Waals surface area contributed by atoms with Crippen molar-refractivity contribution in [2.24, 2.45) is 0 Å². The largest absolute Gasteiger partial charge is 0.378 e. The zero-order valence-corrected chi connectivity index (χ0v) is 22.9. The van der Waals surface area contributed by atoms with Gasteiger partial charge in [0.1, 0.15) is 6.33 Å². The van der Waals surface area contributed by atoms with Gasteiger partial charge in [-0.25, -0.2) is 4.68 Å². The highest BCUT2D eigenvalue weighted by atomic mass is 32.2. The molecule has 2 aromatic rings. The molecule has 0 fully saturated rings. The molecule has 1 aliphatic heterocycles. The van der Waals surface area contributed by atoms with Crippen molar-refractivity contribution in [1.29, 1.82) is 0 Å². The Bertz CT molecular complexity index is 980. The van der Waals surface area contributed by atoms with E-state index in [9.17, 15) is 9.13 Å². The summed E-state index contributed by atoms with van der Waals surface area (Å²) in [5, 5.41) is 7.23. The van der Waals surface area contributed by atoms with Crippen LogP contribution in [0.2, 0.25) is 0 Å². The molecule has 0 saturated heterocycles. The Morgan fingerprint density at radius 3 is 1.88 bits per heavy atom. The lowest BCUT2D eigenvalue weighted by atomic mass is 10.1. The number of nitrogens with zero attached hydrogens (tertiary/aromatic N) is 4. The predicted octanol–water partition coefficient (Wildman–Crippen LogP) is 4.70. The van der Waals surface area contributed by atoms with Crippen LogP contribution in [-0.2, 0) is 32.1 Å². The van der Waals surface area contributed by atoms with Crippen LogP contribution in [0, 0.1) is 0 Å². The van der Waals surface area contributed by atoms with Gasteiger partial charge in [0.2, 0.25) is 10.6 Å². The number of hydrogen-bond donors (Lipinski definition) is 1. The average molecular weight is 534 g/mol. The van der Waals surface area contributed by atoms with Gasteiger partial charge in [0.05, 0.1) is 26.4 Å². The van der Waals surface area contributed by atoms with Gasteiger partial charge in [-0.05, 0) is 57.2 Å². The molecule has 0 amide bonds. The van der Waals surface area contributed by atoms with Gasteiger partial charge in [0, 0.05) is 19.8 Å². The Labute approximate surface area is 204 Å². The van der Waals surface area contributed by atoms with Crippen LogP contribution in [0.5, 0.6) is 0 Å². The van der Waals surface area contributed by atoms with E-state index >= 15 is 0 Å². The van der Waals surface area contributed by atoms with Crippen molar-refractivity contribution in [3.8, 4) is 0 Å². The standard InChI is InChI=1S/C20H33N5O6P2S/c1-7-28-32(26,29-8-2)18(33(27,30-9-3)31-10-4)20(23-25-15-21-22-19(25)34-20)16-11-13-17(14-12-16)24(5)6/h11-15,18,23H,7-10H2,1-6H3. The Hall–Kier alpha value is -1.39. The molecule has 1 aliphatic rings. The third-order valence-electron chi connectivity index (χ3n) is 5.07. The lowest BCUT2D eigenvalue weighted by Gasteiger charge is -2.42. The summed E-state index contributed by atoms with van der Waals surface area (Å²) in [5.74, 6) is 0. The van der Waals surface area contributed by atoms with Crippen LogP contribution in [0.25, 0.3) is 0 Å². The zero-order valence-electron chi connectivity index (χ0n) is 20.3. The van der Waals surface area contributed by atoms with Crippen LogP contribution < -0.4 is 10.3 Å². The molecule has 0 radical (unpaired) electrons. The molecule has 0 bridgehead atoms. The molecular weight excluding hydrogens is 500 g/mol. The molecule has 0 aliphatic carbocycles. The molecule has 2 heterocycles. The fourth-order valence-corrected chi connectivity index (χ4v) is 11.6. The number of nitrogens with one attached hydrogen (secondary N) is 1. The van der Waals surface area contributed by atoms with Gasteiger partial charge in [-0.3, -0.25) is 14.6 Å². The summed E-state index contributed by atoms with van der Waals surface area (Å²) in [6.45, 7) is 7.15. The number of hydrogen-bond acceptors (Lipinski definition) is 11. The fraction of sp³-hybridized carbons (Fsp3) is 0.600. The van der Waals surface area contributed by atoms with Crippen molar-refractivity contribution >= 4 is 32.6 Å². The summed E-state index contributed by atoms with van der Waals surface area (Å²) < 4.78 is 53.5. The lowest BCUT2D eigenvalue weighted by Crippen LogP contribution is -2.45. The Balaban J connectivity index is 2.30. The summed E-state index contributed by atoms with van der Waals surface area (Å²) >= 11 is 1.22. The second-order valence-corrected chi connectivity index (χ2v) is 13.3. The molecule has 14 heteroatoms. The predicted molar refractivity (Wildman–Crippen MR) is 133 cm³/mol. The highest BCUT2D eigenvalue weighted by Crippen LogP contribution is 2.77. The average Bonchev–Trinajstić information content (AvgIpc) is 3.34. The topological polar surface area (TPSA) is 117 Å². The van der Waals surface area contributed by atoms with Gasteiger partial charge in [-0.15, -0.1) is 10.2 Å². The van der Waals surface area contributed by atoms with E-state index in [1.165, 1.54) is 18.1 Å². The van der Waals surface area contributed by atoms with Crippen LogP contribution in [0.3, 0.4) is 0 Å². The van der Waals surface area contributed by atoms with Crippen LogP contribution in [0.15, 0.2) is 35.7 Å².